The molecule has 3 aliphatic heterocycles. The average molecular weight is 676 g/mol. The fourth-order valence-corrected chi connectivity index (χ4v) is 7.72. The van der Waals surface area contributed by atoms with E-state index in [9.17, 15) is 39.6 Å². The molecule has 0 unspecified atom stereocenters. The third-order valence-electron chi connectivity index (χ3n) is 11.2. The van der Waals surface area contributed by atoms with Gasteiger partial charge < -0.3 is 34.8 Å². The third-order valence-corrected chi connectivity index (χ3v) is 11.2. The SMILES string of the molecule is C[C@@H]1/C=C/CC/C=C/C(=O)[C@H](C)[C@]2(O)CC[C@@H](C)[C@@](O)(O2)C(=O)C(=O)N2CCCC[C@H]2C(=O)O[C@H]([C@H](C)C[C@@H]2CC[C@@H](O)[C@H](O)C2)CC1. The van der Waals surface area contributed by atoms with E-state index in [0.29, 0.717) is 57.8 Å². The first-order valence-electron chi connectivity index (χ1n) is 18.1. The van der Waals surface area contributed by atoms with Crippen LogP contribution in [0.2, 0.25) is 0 Å². The van der Waals surface area contributed by atoms with Crippen molar-refractivity contribution in [1.29, 1.82) is 0 Å². The fraction of sp³-hybridized carbons (Fsp3) is 0.784. The Balaban J connectivity index is 1.61. The molecule has 3 heterocycles. The first-order valence-corrected chi connectivity index (χ1v) is 18.1. The van der Waals surface area contributed by atoms with Crippen molar-refractivity contribution in [2.75, 3.05) is 6.54 Å². The van der Waals surface area contributed by atoms with Crippen LogP contribution in [0, 0.1) is 29.6 Å². The summed E-state index contributed by atoms with van der Waals surface area (Å²) in [5, 5.41) is 43.3. The molecule has 4 aliphatic rings. The zero-order chi connectivity index (χ0) is 35.2. The molecule has 2 saturated heterocycles. The van der Waals surface area contributed by atoms with Crippen LogP contribution in [0.5, 0.6) is 0 Å². The Bertz CT molecular complexity index is 1220. The molecule has 2 bridgehead atoms. The van der Waals surface area contributed by atoms with Gasteiger partial charge in [-0.05, 0) is 108 Å². The Kier molecular flexibility index (Phi) is 13.2. The summed E-state index contributed by atoms with van der Waals surface area (Å²) >= 11 is 0. The van der Waals surface area contributed by atoms with Crippen molar-refractivity contribution in [3.05, 3.63) is 24.3 Å². The van der Waals surface area contributed by atoms with Crippen LogP contribution in [0.15, 0.2) is 24.3 Å². The number of allylic oxidation sites excluding steroid dienone is 4. The Morgan fingerprint density at radius 1 is 0.917 bits per heavy atom. The number of ether oxygens (including phenoxy) is 2. The van der Waals surface area contributed by atoms with E-state index in [1.165, 1.54) is 17.9 Å². The Hall–Kier alpha value is -2.44. The molecule has 11 nitrogen and oxygen atoms in total. The number of hydrogen-bond donors (Lipinski definition) is 4. The van der Waals surface area contributed by atoms with Crippen LogP contribution in [0.4, 0.5) is 0 Å². The van der Waals surface area contributed by atoms with Gasteiger partial charge in [0.15, 0.2) is 11.6 Å². The van der Waals surface area contributed by atoms with Gasteiger partial charge in [0.25, 0.3) is 11.7 Å². The van der Waals surface area contributed by atoms with Gasteiger partial charge in [-0.25, -0.2) is 4.79 Å². The molecule has 1 saturated carbocycles. The predicted molar refractivity (Wildman–Crippen MR) is 177 cm³/mol. The topological polar surface area (TPSA) is 171 Å². The second-order valence-electron chi connectivity index (χ2n) is 15.0. The molecule has 11 heteroatoms. The maximum Gasteiger partial charge on any atom is 0.329 e. The number of carbonyl (C=O) groups is 4. The van der Waals surface area contributed by atoms with E-state index in [1.807, 2.05) is 6.92 Å². The van der Waals surface area contributed by atoms with Crippen LogP contribution >= 0.6 is 0 Å². The Morgan fingerprint density at radius 3 is 2.38 bits per heavy atom. The molecule has 0 spiro atoms. The van der Waals surface area contributed by atoms with E-state index in [4.69, 9.17) is 9.47 Å². The van der Waals surface area contributed by atoms with Crippen LogP contribution in [0.1, 0.15) is 111 Å². The minimum Gasteiger partial charge on any atom is -0.461 e. The largest absolute Gasteiger partial charge is 0.461 e. The molecule has 0 aromatic heterocycles. The van der Waals surface area contributed by atoms with Gasteiger partial charge in [-0.2, -0.15) is 0 Å². The van der Waals surface area contributed by atoms with Crippen LogP contribution in [-0.2, 0) is 28.7 Å². The maximum absolute atomic E-state index is 13.9. The molecular weight excluding hydrogens is 618 g/mol. The molecular formula is C37H57NO10. The van der Waals surface area contributed by atoms with Crippen molar-refractivity contribution >= 4 is 23.4 Å². The lowest BCUT2D eigenvalue weighted by Crippen LogP contribution is -2.64. The number of piperidine rings is 1. The number of Topliss-reactive ketones (excluding diaryl/α,β-unsaturated/α-hetero) is 1. The lowest BCUT2D eigenvalue weighted by molar-refractivity contribution is -0.365. The summed E-state index contributed by atoms with van der Waals surface area (Å²) < 4.78 is 11.9. The molecule has 4 rings (SSSR count). The van der Waals surface area contributed by atoms with Crippen molar-refractivity contribution in [1.82, 2.24) is 4.90 Å². The number of ketones is 2. The van der Waals surface area contributed by atoms with E-state index >= 15 is 0 Å². The zero-order valence-corrected chi connectivity index (χ0v) is 29.1. The lowest BCUT2D eigenvalue weighted by Gasteiger charge is -2.47. The van der Waals surface area contributed by atoms with E-state index in [0.717, 1.165) is 12.8 Å². The first kappa shape index (κ1) is 38.4. The molecule has 48 heavy (non-hydrogen) atoms. The predicted octanol–water partition coefficient (Wildman–Crippen LogP) is 3.75. The number of rotatable bonds is 3. The smallest absolute Gasteiger partial charge is 0.329 e. The van der Waals surface area contributed by atoms with Crippen molar-refractivity contribution in [2.45, 2.75) is 147 Å². The van der Waals surface area contributed by atoms with Crippen LogP contribution in [0.25, 0.3) is 0 Å². The summed E-state index contributed by atoms with van der Waals surface area (Å²) in [7, 11) is 0. The number of cyclic esters (lactones) is 1. The Morgan fingerprint density at radius 2 is 1.65 bits per heavy atom. The molecule has 3 fully saturated rings. The van der Waals surface area contributed by atoms with Gasteiger partial charge in [0.1, 0.15) is 12.1 Å². The highest BCUT2D eigenvalue weighted by molar-refractivity contribution is 6.39. The summed E-state index contributed by atoms with van der Waals surface area (Å²) in [5.41, 5.74) is 0. The van der Waals surface area contributed by atoms with Gasteiger partial charge >= 0.3 is 5.97 Å². The normalized spacial score (nSPS) is 41.8. The van der Waals surface area contributed by atoms with Crippen LogP contribution in [-0.4, -0.2) is 91.2 Å². The average Bonchev–Trinajstić information content (AvgIpc) is 3.06. The molecule has 0 aromatic rings. The summed E-state index contributed by atoms with van der Waals surface area (Å²) in [4.78, 5) is 55.7. The number of hydrogen-bond acceptors (Lipinski definition) is 10. The summed E-state index contributed by atoms with van der Waals surface area (Å²) in [6.07, 6.45) is 12.0. The number of carbonyl (C=O) groups excluding carboxylic acids is 4. The number of fused-ring (bicyclic) bond motifs is 3. The number of aliphatic hydroxyl groups excluding tert-OH is 2. The molecule has 0 radical (unpaired) electrons. The molecule has 1 amide bonds. The van der Waals surface area contributed by atoms with Crippen molar-refractivity contribution < 1.29 is 49.1 Å². The van der Waals surface area contributed by atoms with Gasteiger partial charge in [0, 0.05) is 18.9 Å². The summed E-state index contributed by atoms with van der Waals surface area (Å²) in [6.45, 7) is 7.25. The quantitative estimate of drug-likeness (QED) is 0.196. The highest BCUT2D eigenvalue weighted by atomic mass is 16.7. The minimum atomic E-state index is -2.69. The van der Waals surface area contributed by atoms with Gasteiger partial charge in [-0.1, -0.05) is 39.0 Å². The maximum atomic E-state index is 13.9. The van der Waals surface area contributed by atoms with Crippen LogP contribution < -0.4 is 0 Å². The second kappa shape index (κ2) is 16.5. The number of nitrogens with zero attached hydrogens (tertiary/aromatic N) is 1. The Labute approximate surface area is 284 Å². The van der Waals surface area contributed by atoms with Crippen molar-refractivity contribution in [3.63, 3.8) is 0 Å². The van der Waals surface area contributed by atoms with Gasteiger partial charge in [-0.3, -0.25) is 14.4 Å². The van der Waals surface area contributed by atoms with Crippen molar-refractivity contribution in [3.8, 4) is 0 Å². The zero-order valence-electron chi connectivity index (χ0n) is 29.1. The van der Waals surface area contributed by atoms with Gasteiger partial charge in [-0.15, -0.1) is 0 Å². The summed E-state index contributed by atoms with van der Waals surface area (Å²) in [5.74, 6) is -9.94. The van der Waals surface area contributed by atoms with E-state index in [2.05, 4.69) is 19.1 Å². The first-order chi connectivity index (χ1) is 22.7. The lowest BCUT2D eigenvalue weighted by atomic mass is 9.78. The monoisotopic (exact) mass is 675 g/mol. The molecule has 4 N–H and O–H groups in total. The molecule has 270 valence electrons. The minimum absolute atomic E-state index is 0.0159. The standard InChI is InChI=1S/C37H57NO10/c1-23-11-7-5-6-8-13-29(39)26(4)36(45)19-18-25(3)37(46,48-36)33(42)34(43)38-20-10-9-12-28(38)35(44)47-32(17-14-23)24(2)21-27-15-16-30(40)31(41)22-27/h7-8,11,13,23-28,30-32,40-41,45-46H,5-6,9-10,12,14-22H2,1-4H3/b11-7+,13-8+/t23-,24-,25-,26+,27+,28+,30-,31-,32+,36+,37-/m1/s1. The molecule has 1 aliphatic carbocycles. The number of aliphatic hydroxyl groups is 4. The molecule has 0 aromatic carbocycles. The van der Waals surface area contributed by atoms with E-state index in [-0.39, 0.29) is 37.1 Å². The van der Waals surface area contributed by atoms with Gasteiger partial charge in [0.05, 0.1) is 18.1 Å². The summed E-state index contributed by atoms with van der Waals surface area (Å²) in [6, 6.07) is -1.03. The van der Waals surface area contributed by atoms with E-state index in [1.54, 1.807) is 13.0 Å². The number of amides is 1. The van der Waals surface area contributed by atoms with Crippen LogP contribution in [0.3, 0.4) is 0 Å². The number of esters is 1. The highest BCUT2D eigenvalue weighted by Crippen LogP contribution is 2.42. The van der Waals surface area contributed by atoms with E-state index < -0.39 is 71.2 Å². The van der Waals surface area contributed by atoms with Gasteiger partial charge in [0.2, 0.25) is 5.79 Å². The second-order valence-corrected chi connectivity index (χ2v) is 15.0. The fourth-order valence-electron chi connectivity index (χ4n) is 7.72. The van der Waals surface area contributed by atoms with Crippen molar-refractivity contribution in [2.24, 2.45) is 29.6 Å². The third kappa shape index (κ3) is 9.01. The highest BCUT2D eigenvalue weighted by Gasteiger charge is 2.58. The molecule has 11 atom stereocenters.